The number of unbranched alkanes of at least 4 members (excludes halogenated alkanes) is 12. The summed E-state index contributed by atoms with van der Waals surface area (Å²) in [5, 5.41) is 10.6. The molecule has 0 aromatic heterocycles. The van der Waals surface area contributed by atoms with Gasteiger partial charge >= 0.3 is 5.97 Å². The van der Waals surface area contributed by atoms with Gasteiger partial charge in [0.05, 0.1) is 5.92 Å². The van der Waals surface area contributed by atoms with E-state index in [9.17, 15) is 4.79 Å². The third-order valence-corrected chi connectivity index (χ3v) is 4.99. The fourth-order valence-corrected chi connectivity index (χ4v) is 3.33. The smallest absolute Gasteiger partial charge is 0.306 e. The number of aliphatic carboxylic acids is 1. The van der Waals surface area contributed by atoms with E-state index in [4.69, 9.17) is 17.3 Å². The van der Waals surface area contributed by atoms with E-state index >= 15 is 0 Å². The van der Waals surface area contributed by atoms with Crippen molar-refractivity contribution in [3.05, 3.63) is 12.2 Å². The molecule has 3 heteroatoms. The fraction of sp³-hybridized carbons (Fsp3) is 0.818. The van der Waals surface area contributed by atoms with Gasteiger partial charge in [-0.2, -0.15) is 0 Å². The number of hydrogen-bond donors (Lipinski definition) is 1. The summed E-state index contributed by atoms with van der Waals surface area (Å²) in [5.41, 5.74) is 0. The predicted octanol–water partition coefficient (Wildman–Crippen LogP) is 7.50. The van der Waals surface area contributed by atoms with Crippen LogP contribution in [-0.4, -0.2) is 16.4 Å². The molecule has 0 aliphatic heterocycles. The number of thiocarbonyl (C=S) groups is 1. The molecule has 1 atom stereocenters. The van der Waals surface area contributed by atoms with Crippen molar-refractivity contribution in [2.45, 2.75) is 110 Å². The minimum absolute atomic E-state index is 0.269. The summed E-state index contributed by atoms with van der Waals surface area (Å²) in [5.74, 6) is -0.969. The molecule has 1 N–H and O–H groups in total. The number of allylic oxidation sites excluding steroid dienone is 2. The highest BCUT2D eigenvalue weighted by molar-refractivity contribution is 7.78. The number of carboxylic acids is 1. The van der Waals surface area contributed by atoms with Crippen molar-refractivity contribution >= 4 is 23.6 Å². The molecule has 0 bridgehead atoms. The Morgan fingerprint density at radius 3 is 1.80 bits per heavy atom. The Kier molecular flexibility index (Phi) is 19.1. The highest BCUT2D eigenvalue weighted by atomic mass is 32.1. The van der Waals surface area contributed by atoms with Crippen LogP contribution < -0.4 is 0 Å². The molecular formula is C22H40O2S. The second kappa shape index (κ2) is 19.6. The van der Waals surface area contributed by atoms with E-state index < -0.39 is 5.97 Å². The SMILES string of the molecule is CCCCCCCC/C=C\CCCCCCCCC(CC=S)C(=O)O. The van der Waals surface area contributed by atoms with Crippen molar-refractivity contribution in [1.82, 2.24) is 0 Å². The van der Waals surface area contributed by atoms with Crippen LogP contribution in [0.2, 0.25) is 0 Å². The summed E-state index contributed by atoms with van der Waals surface area (Å²) in [7, 11) is 0. The van der Waals surface area contributed by atoms with E-state index in [-0.39, 0.29) is 5.92 Å². The molecule has 0 radical (unpaired) electrons. The van der Waals surface area contributed by atoms with Gasteiger partial charge in [0.25, 0.3) is 0 Å². The van der Waals surface area contributed by atoms with Gasteiger partial charge in [0.15, 0.2) is 0 Å². The molecule has 25 heavy (non-hydrogen) atoms. The van der Waals surface area contributed by atoms with Crippen LogP contribution in [0.5, 0.6) is 0 Å². The van der Waals surface area contributed by atoms with Crippen LogP contribution in [0.15, 0.2) is 12.2 Å². The summed E-state index contributed by atoms with van der Waals surface area (Å²) >= 11 is 4.77. The normalized spacial score (nSPS) is 12.5. The third-order valence-electron chi connectivity index (χ3n) is 4.79. The Labute approximate surface area is 161 Å². The topological polar surface area (TPSA) is 37.3 Å². The van der Waals surface area contributed by atoms with Crippen LogP contribution in [0.3, 0.4) is 0 Å². The Morgan fingerprint density at radius 1 is 0.840 bits per heavy atom. The molecular weight excluding hydrogens is 328 g/mol. The first kappa shape index (κ1) is 24.3. The van der Waals surface area contributed by atoms with E-state index in [0.29, 0.717) is 6.42 Å². The van der Waals surface area contributed by atoms with Gasteiger partial charge < -0.3 is 5.11 Å². The summed E-state index contributed by atoms with van der Waals surface area (Å²) in [6.07, 6.45) is 24.0. The van der Waals surface area contributed by atoms with Gasteiger partial charge in [0.2, 0.25) is 0 Å². The van der Waals surface area contributed by atoms with Gasteiger partial charge in [-0.05, 0) is 43.9 Å². The molecule has 2 nitrogen and oxygen atoms in total. The van der Waals surface area contributed by atoms with Crippen LogP contribution in [-0.2, 0) is 4.79 Å². The fourth-order valence-electron chi connectivity index (χ4n) is 3.10. The Bertz CT molecular complexity index is 339. The molecule has 0 amide bonds. The van der Waals surface area contributed by atoms with Crippen LogP contribution in [0.1, 0.15) is 110 Å². The third kappa shape index (κ3) is 17.9. The zero-order valence-electron chi connectivity index (χ0n) is 16.4. The van der Waals surface area contributed by atoms with E-state index in [1.165, 1.54) is 77.0 Å². The molecule has 1 unspecified atom stereocenters. The highest BCUT2D eigenvalue weighted by Gasteiger charge is 2.14. The number of hydrogen-bond acceptors (Lipinski definition) is 2. The summed E-state index contributed by atoms with van der Waals surface area (Å²) in [6.45, 7) is 2.26. The molecule has 0 rings (SSSR count). The standard InChI is InChI=1S/C22H40O2S/c1-2-3-4-5-6-7-8-9-10-11-12-13-14-15-16-17-18-21(19-20-25)22(23)24/h9-10,20-21H,2-8,11-19H2,1H3,(H,23,24)/b10-9-. The maximum absolute atomic E-state index is 11.0. The largest absolute Gasteiger partial charge is 0.481 e. The van der Waals surface area contributed by atoms with Crippen molar-refractivity contribution in [1.29, 1.82) is 0 Å². The molecule has 0 fully saturated rings. The molecule has 0 spiro atoms. The highest BCUT2D eigenvalue weighted by Crippen LogP contribution is 2.15. The monoisotopic (exact) mass is 368 g/mol. The molecule has 146 valence electrons. The molecule has 0 saturated heterocycles. The number of rotatable bonds is 19. The maximum Gasteiger partial charge on any atom is 0.306 e. The quantitative estimate of drug-likeness (QED) is 0.146. The Balaban J connectivity index is 3.29. The molecule has 0 saturated carbocycles. The predicted molar refractivity (Wildman–Crippen MR) is 113 cm³/mol. The van der Waals surface area contributed by atoms with Crippen molar-refractivity contribution in [2.24, 2.45) is 5.92 Å². The van der Waals surface area contributed by atoms with E-state index in [1.807, 2.05) is 0 Å². The Hall–Kier alpha value is -0.700. The molecule has 0 aromatic rings. The lowest BCUT2D eigenvalue weighted by molar-refractivity contribution is -0.141. The van der Waals surface area contributed by atoms with Gasteiger partial charge in [0, 0.05) is 0 Å². The van der Waals surface area contributed by atoms with Gasteiger partial charge in [-0.1, -0.05) is 95.5 Å². The zero-order valence-corrected chi connectivity index (χ0v) is 17.2. The van der Waals surface area contributed by atoms with E-state index in [0.717, 1.165) is 19.3 Å². The van der Waals surface area contributed by atoms with Crippen LogP contribution in [0, 0.1) is 5.92 Å². The van der Waals surface area contributed by atoms with Crippen molar-refractivity contribution in [3.8, 4) is 0 Å². The van der Waals surface area contributed by atoms with Crippen LogP contribution in [0.25, 0.3) is 0 Å². The van der Waals surface area contributed by atoms with Crippen molar-refractivity contribution in [2.75, 3.05) is 0 Å². The molecule has 0 aliphatic rings. The first-order valence-electron chi connectivity index (χ1n) is 10.5. The van der Waals surface area contributed by atoms with E-state index in [1.54, 1.807) is 5.37 Å². The molecule has 0 aromatic carbocycles. The summed E-state index contributed by atoms with van der Waals surface area (Å²) in [6, 6.07) is 0. The average molecular weight is 369 g/mol. The van der Waals surface area contributed by atoms with Crippen LogP contribution >= 0.6 is 12.2 Å². The van der Waals surface area contributed by atoms with Crippen molar-refractivity contribution in [3.63, 3.8) is 0 Å². The lowest BCUT2D eigenvalue weighted by Crippen LogP contribution is -2.13. The Morgan fingerprint density at radius 2 is 1.32 bits per heavy atom. The van der Waals surface area contributed by atoms with Gasteiger partial charge in [-0.3, -0.25) is 4.79 Å². The van der Waals surface area contributed by atoms with Gasteiger partial charge in [0.1, 0.15) is 0 Å². The summed E-state index contributed by atoms with van der Waals surface area (Å²) in [4.78, 5) is 11.0. The molecule has 0 heterocycles. The number of carbonyl (C=O) groups is 1. The minimum atomic E-state index is -0.700. The average Bonchev–Trinajstić information content (AvgIpc) is 2.60. The van der Waals surface area contributed by atoms with Crippen molar-refractivity contribution < 1.29 is 9.90 Å². The minimum Gasteiger partial charge on any atom is -0.481 e. The zero-order chi connectivity index (χ0) is 18.6. The van der Waals surface area contributed by atoms with Gasteiger partial charge in [-0.15, -0.1) is 0 Å². The first-order chi connectivity index (χ1) is 12.2. The maximum atomic E-state index is 11.0. The van der Waals surface area contributed by atoms with E-state index in [2.05, 4.69) is 19.1 Å². The van der Waals surface area contributed by atoms with Crippen LogP contribution in [0.4, 0.5) is 0 Å². The summed E-state index contributed by atoms with van der Waals surface area (Å²) < 4.78 is 0. The lowest BCUT2D eigenvalue weighted by Gasteiger charge is -2.08. The number of carboxylic acid groups (broad SMARTS) is 1. The lowest BCUT2D eigenvalue weighted by atomic mass is 9.98. The second-order valence-corrected chi connectivity index (χ2v) is 7.50. The van der Waals surface area contributed by atoms with Gasteiger partial charge in [-0.25, -0.2) is 0 Å². The molecule has 0 aliphatic carbocycles. The second-order valence-electron chi connectivity index (χ2n) is 7.16. The first-order valence-corrected chi connectivity index (χ1v) is 11.0.